The lowest BCUT2D eigenvalue weighted by atomic mass is 10.1. The summed E-state index contributed by atoms with van der Waals surface area (Å²) in [7, 11) is 0. The zero-order valence-corrected chi connectivity index (χ0v) is 6.66. The van der Waals surface area contributed by atoms with Gasteiger partial charge >= 0.3 is 0 Å². The highest BCUT2D eigenvalue weighted by molar-refractivity contribution is 5.73. The number of pyridine rings is 1. The number of primary amides is 1. The van der Waals surface area contributed by atoms with Gasteiger partial charge in [0.15, 0.2) is 0 Å². The fraction of sp³-hybridized carbons (Fsp3) is 0.250. The number of rotatable bonds is 3. The lowest BCUT2D eigenvalue weighted by molar-refractivity contribution is -0.117. The van der Waals surface area contributed by atoms with E-state index in [-0.39, 0.29) is 5.91 Å². The molecule has 0 fully saturated rings. The summed E-state index contributed by atoms with van der Waals surface area (Å²) in [6.45, 7) is 0. The molecule has 0 bridgehead atoms. The van der Waals surface area contributed by atoms with Crippen molar-refractivity contribution in [2.24, 2.45) is 5.73 Å². The van der Waals surface area contributed by atoms with Crippen molar-refractivity contribution in [3.8, 4) is 0 Å². The van der Waals surface area contributed by atoms with Crippen molar-refractivity contribution in [2.45, 2.75) is 12.8 Å². The Bertz CT molecular complexity index is 268. The third-order valence-electron chi connectivity index (χ3n) is 1.51. The maximum Gasteiger partial charge on any atom is 0.217 e. The summed E-state index contributed by atoms with van der Waals surface area (Å²) in [5, 5.41) is 0. The second-order valence-corrected chi connectivity index (χ2v) is 2.56. The first-order valence-corrected chi connectivity index (χ1v) is 3.67. The fourth-order valence-electron chi connectivity index (χ4n) is 0.851. The van der Waals surface area contributed by atoms with Gasteiger partial charge in [0.2, 0.25) is 5.91 Å². The minimum Gasteiger partial charge on any atom is -0.384 e. The van der Waals surface area contributed by atoms with E-state index in [0.29, 0.717) is 18.7 Å². The fourth-order valence-corrected chi connectivity index (χ4v) is 0.851. The quantitative estimate of drug-likeness (QED) is 0.665. The van der Waals surface area contributed by atoms with E-state index in [0.717, 1.165) is 5.56 Å². The molecule has 1 amide bonds. The third-order valence-corrected chi connectivity index (χ3v) is 1.51. The van der Waals surface area contributed by atoms with E-state index in [1.54, 1.807) is 12.3 Å². The summed E-state index contributed by atoms with van der Waals surface area (Å²) < 4.78 is 0. The molecule has 4 nitrogen and oxygen atoms in total. The van der Waals surface area contributed by atoms with E-state index in [9.17, 15) is 4.79 Å². The molecule has 4 heteroatoms. The Kier molecular flexibility index (Phi) is 2.63. The lowest BCUT2D eigenvalue weighted by Gasteiger charge is -1.97. The van der Waals surface area contributed by atoms with Gasteiger partial charge in [-0.2, -0.15) is 0 Å². The lowest BCUT2D eigenvalue weighted by Crippen LogP contribution is -2.11. The molecular formula is C8H11N3O. The monoisotopic (exact) mass is 165 g/mol. The van der Waals surface area contributed by atoms with Crippen LogP contribution in [0, 0.1) is 0 Å². The van der Waals surface area contributed by atoms with Gasteiger partial charge in [0.05, 0.1) is 0 Å². The largest absolute Gasteiger partial charge is 0.384 e. The number of amides is 1. The molecule has 1 heterocycles. The minimum absolute atomic E-state index is 0.299. The number of aromatic nitrogens is 1. The molecule has 0 saturated heterocycles. The normalized spacial score (nSPS) is 9.67. The predicted octanol–water partition coefficient (Wildman–Crippen LogP) is 0.0817. The molecule has 1 rings (SSSR count). The topological polar surface area (TPSA) is 82.0 Å². The van der Waals surface area contributed by atoms with Gasteiger partial charge in [-0.3, -0.25) is 4.79 Å². The Balaban J connectivity index is 2.53. The Morgan fingerprint density at radius 1 is 1.50 bits per heavy atom. The maximum absolute atomic E-state index is 10.4. The van der Waals surface area contributed by atoms with E-state index in [4.69, 9.17) is 11.5 Å². The number of nitrogen functional groups attached to an aromatic ring is 1. The number of hydrogen-bond donors (Lipinski definition) is 2. The molecule has 4 N–H and O–H groups in total. The van der Waals surface area contributed by atoms with Crippen molar-refractivity contribution in [2.75, 3.05) is 5.73 Å². The molecule has 0 unspecified atom stereocenters. The number of nitrogens with two attached hydrogens (primary N) is 2. The van der Waals surface area contributed by atoms with Gasteiger partial charge < -0.3 is 11.5 Å². The first kappa shape index (κ1) is 8.52. The van der Waals surface area contributed by atoms with Crippen LogP contribution < -0.4 is 11.5 Å². The average molecular weight is 165 g/mol. The number of hydrogen-bond acceptors (Lipinski definition) is 3. The molecule has 0 saturated carbocycles. The summed E-state index contributed by atoms with van der Waals surface area (Å²) in [5.74, 6) is 0.185. The van der Waals surface area contributed by atoms with Crippen LogP contribution in [-0.4, -0.2) is 10.9 Å². The molecule has 0 aliphatic carbocycles. The zero-order chi connectivity index (χ0) is 8.97. The first-order chi connectivity index (χ1) is 5.68. The molecule has 0 aromatic carbocycles. The van der Waals surface area contributed by atoms with Crippen LogP contribution in [0.25, 0.3) is 0 Å². The summed E-state index contributed by atoms with van der Waals surface area (Å²) >= 11 is 0. The standard InChI is InChI=1S/C8H11N3O/c9-7-3-1-6(5-11-7)2-4-8(10)12/h1,3,5H,2,4H2,(H2,9,11)(H2,10,12). The van der Waals surface area contributed by atoms with Crippen LogP contribution in [0.5, 0.6) is 0 Å². The summed E-state index contributed by atoms with van der Waals surface area (Å²) in [6, 6.07) is 3.54. The maximum atomic E-state index is 10.4. The number of aryl methyl sites for hydroxylation is 1. The van der Waals surface area contributed by atoms with E-state index < -0.39 is 0 Å². The second kappa shape index (κ2) is 3.71. The zero-order valence-electron chi connectivity index (χ0n) is 6.66. The van der Waals surface area contributed by atoms with Crippen LogP contribution in [-0.2, 0) is 11.2 Å². The van der Waals surface area contributed by atoms with Crippen LogP contribution in [0.3, 0.4) is 0 Å². The Morgan fingerprint density at radius 2 is 2.25 bits per heavy atom. The molecule has 0 aliphatic heterocycles. The SMILES string of the molecule is NC(=O)CCc1ccc(N)nc1. The highest BCUT2D eigenvalue weighted by Crippen LogP contribution is 2.03. The smallest absolute Gasteiger partial charge is 0.217 e. The predicted molar refractivity (Wildman–Crippen MR) is 46.2 cm³/mol. The highest BCUT2D eigenvalue weighted by Gasteiger charge is 1.96. The minimum atomic E-state index is -0.299. The molecular weight excluding hydrogens is 154 g/mol. The van der Waals surface area contributed by atoms with Crippen LogP contribution >= 0.6 is 0 Å². The van der Waals surface area contributed by atoms with Gasteiger partial charge in [0, 0.05) is 12.6 Å². The van der Waals surface area contributed by atoms with Crippen molar-refractivity contribution >= 4 is 11.7 Å². The second-order valence-electron chi connectivity index (χ2n) is 2.56. The van der Waals surface area contributed by atoms with Gasteiger partial charge in [-0.25, -0.2) is 4.98 Å². The number of nitrogens with zero attached hydrogens (tertiary/aromatic N) is 1. The van der Waals surface area contributed by atoms with Crippen LogP contribution in [0.4, 0.5) is 5.82 Å². The van der Waals surface area contributed by atoms with Crippen LogP contribution in [0.1, 0.15) is 12.0 Å². The van der Waals surface area contributed by atoms with Crippen molar-refractivity contribution in [1.29, 1.82) is 0 Å². The summed E-state index contributed by atoms with van der Waals surface area (Å²) in [6.07, 6.45) is 2.63. The van der Waals surface area contributed by atoms with Crippen molar-refractivity contribution in [1.82, 2.24) is 4.98 Å². The van der Waals surface area contributed by atoms with Gasteiger partial charge in [0.25, 0.3) is 0 Å². The van der Waals surface area contributed by atoms with E-state index in [1.807, 2.05) is 6.07 Å². The van der Waals surface area contributed by atoms with Gasteiger partial charge in [-0.05, 0) is 18.1 Å². The molecule has 0 aliphatic rings. The van der Waals surface area contributed by atoms with E-state index in [1.165, 1.54) is 0 Å². The molecule has 1 aromatic rings. The molecule has 0 radical (unpaired) electrons. The summed E-state index contributed by atoms with van der Waals surface area (Å²) in [4.78, 5) is 14.3. The van der Waals surface area contributed by atoms with Crippen molar-refractivity contribution < 1.29 is 4.79 Å². The summed E-state index contributed by atoms with van der Waals surface area (Å²) in [5.41, 5.74) is 11.3. The molecule has 64 valence electrons. The van der Waals surface area contributed by atoms with Crippen molar-refractivity contribution in [3.63, 3.8) is 0 Å². The van der Waals surface area contributed by atoms with E-state index >= 15 is 0 Å². The van der Waals surface area contributed by atoms with Crippen LogP contribution in [0.15, 0.2) is 18.3 Å². The van der Waals surface area contributed by atoms with Gasteiger partial charge in [-0.1, -0.05) is 6.07 Å². The molecule has 0 spiro atoms. The van der Waals surface area contributed by atoms with Gasteiger partial charge in [0.1, 0.15) is 5.82 Å². The first-order valence-electron chi connectivity index (χ1n) is 3.67. The van der Waals surface area contributed by atoms with E-state index in [2.05, 4.69) is 4.98 Å². The Morgan fingerprint density at radius 3 is 2.75 bits per heavy atom. The number of carbonyl (C=O) groups is 1. The highest BCUT2D eigenvalue weighted by atomic mass is 16.1. The Hall–Kier alpha value is -1.58. The Labute approximate surface area is 70.6 Å². The van der Waals surface area contributed by atoms with Gasteiger partial charge in [-0.15, -0.1) is 0 Å². The third kappa shape index (κ3) is 2.57. The number of anilines is 1. The molecule has 0 atom stereocenters. The van der Waals surface area contributed by atoms with Crippen molar-refractivity contribution in [3.05, 3.63) is 23.9 Å². The molecule has 1 aromatic heterocycles. The average Bonchev–Trinajstić information content (AvgIpc) is 2.03. The number of carbonyl (C=O) groups excluding carboxylic acids is 1. The molecule has 12 heavy (non-hydrogen) atoms. The van der Waals surface area contributed by atoms with Crippen LogP contribution in [0.2, 0.25) is 0 Å².